The largest absolute Gasteiger partial charge is 0.435 e. The topological polar surface area (TPSA) is 125 Å². The minimum absolute atomic E-state index is 0.0330. The monoisotopic (exact) mass is 513 g/mol. The van der Waals surface area contributed by atoms with Crippen LogP contribution in [-0.4, -0.2) is 36.9 Å². The van der Waals surface area contributed by atoms with Gasteiger partial charge in [-0.25, -0.2) is 9.67 Å². The summed E-state index contributed by atoms with van der Waals surface area (Å²) in [6, 6.07) is 12.1. The van der Waals surface area contributed by atoms with E-state index in [4.69, 9.17) is 10.3 Å². The lowest BCUT2D eigenvalue weighted by molar-refractivity contribution is -0.141. The van der Waals surface area contributed by atoms with Gasteiger partial charge in [-0.15, -0.1) is 11.3 Å². The van der Waals surface area contributed by atoms with Gasteiger partial charge in [0.05, 0.1) is 27.5 Å². The first-order chi connectivity index (χ1) is 17.2. The van der Waals surface area contributed by atoms with Crippen LogP contribution in [-0.2, 0) is 17.5 Å². The molecule has 0 fully saturated rings. The van der Waals surface area contributed by atoms with Gasteiger partial charge in [-0.3, -0.25) is 4.79 Å². The molecule has 0 aliphatic carbocycles. The normalized spacial score (nSPS) is 12.7. The lowest BCUT2D eigenvalue weighted by atomic mass is 10.2. The molecule has 5 rings (SSSR count). The minimum Gasteiger partial charge on any atom is -0.351 e. The molecule has 0 spiro atoms. The Balaban J connectivity index is 1.55. The molecule has 0 bridgehead atoms. The van der Waals surface area contributed by atoms with Crippen molar-refractivity contribution < 1.29 is 22.5 Å². The van der Waals surface area contributed by atoms with Gasteiger partial charge in [-0.05, 0) is 36.8 Å². The van der Waals surface area contributed by atoms with Gasteiger partial charge < -0.3 is 15.6 Å². The van der Waals surface area contributed by atoms with Crippen LogP contribution in [0.1, 0.15) is 18.2 Å². The Morgan fingerprint density at radius 3 is 2.81 bits per heavy atom. The van der Waals surface area contributed by atoms with Crippen LogP contribution in [0.5, 0.6) is 0 Å². The molecule has 3 N–H and O–H groups in total. The molecule has 9 nitrogen and oxygen atoms in total. The number of rotatable bonds is 6. The van der Waals surface area contributed by atoms with Crippen LogP contribution >= 0.6 is 11.3 Å². The minimum atomic E-state index is -4.69. The summed E-state index contributed by atoms with van der Waals surface area (Å²) < 4.78 is 48.0. The molecule has 13 heteroatoms. The number of hydrogen-bond donors (Lipinski definition) is 2. The molecule has 36 heavy (non-hydrogen) atoms. The number of fused-ring (bicyclic) bond motifs is 1. The molecule has 1 amide bonds. The zero-order valence-electron chi connectivity index (χ0n) is 18.7. The van der Waals surface area contributed by atoms with E-state index in [1.165, 1.54) is 11.3 Å². The van der Waals surface area contributed by atoms with Gasteiger partial charge in [0.25, 0.3) is 5.89 Å². The summed E-state index contributed by atoms with van der Waals surface area (Å²) in [7, 11) is 0. The molecular formula is C23H18F3N7O2S. The van der Waals surface area contributed by atoms with E-state index >= 15 is 0 Å². The van der Waals surface area contributed by atoms with Crippen LogP contribution in [0.4, 0.5) is 13.2 Å². The van der Waals surface area contributed by atoms with E-state index in [2.05, 4.69) is 25.5 Å². The zero-order chi connectivity index (χ0) is 25.4. The van der Waals surface area contributed by atoms with Crippen molar-refractivity contribution in [3.05, 3.63) is 65.3 Å². The molecule has 5 aromatic rings. The molecule has 184 valence electrons. The number of carbonyl (C=O) groups is 1. The first-order valence-corrected chi connectivity index (χ1v) is 11.5. The highest BCUT2D eigenvalue weighted by molar-refractivity contribution is 7.17. The number of aromatic nitrogens is 5. The molecule has 0 unspecified atom stereocenters. The fraction of sp³-hybridized carbons (Fsp3) is 0.174. The van der Waals surface area contributed by atoms with E-state index in [-0.39, 0.29) is 29.9 Å². The smallest absolute Gasteiger partial charge is 0.351 e. The number of halogens is 3. The molecule has 3 heterocycles. The van der Waals surface area contributed by atoms with Crippen LogP contribution < -0.4 is 11.1 Å². The Kier molecular flexibility index (Phi) is 6.02. The highest BCUT2D eigenvalue weighted by Crippen LogP contribution is 2.35. The van der Waals surface area contributed by atoms with Gasteiger partial charge in [-0.1, -0.05) is 23.4 Å². The highest BCUT2D eigenvalue weighted by Gasteiger charge is 2.36. The number of carbonyl (C=O) groups excluding carboxylic acids is 1. The summed E-state index contributed by atoms with van der Waals surface area (Å²) in [5.41, 5.74) is 8.45. The van der Waals surface area contributed by atoms with Crippen molar-refractivity contribution in [2.75, 3.05) is 0 Å². The summed E-state index contributed by atoms with van der Waals surface area (Å²) >= 11 is 1.39. The Bertz CT molecular complexity index is 1550. The lowest BCUT2D eigenvalue weighted by Gasteiger charge is -2.10. The zero-order valence-corrected chi connectivity index (χ0v) is 19.5. The van der Waals surface area contributed by atoms with Crippen LogP contribution in [0.15, 0.2) is 58.6 Å². The number of thiazole rings is 1. The van der Waals surface area contributed by atoms with Gasteiger partial charge >= 0.3 is 6.18 Å². The van der Waals surface area contributed by atoms with Crippen molar-refractivity contribution >= 4 is 27.5 Å². The van der Waals surface area contributed by atoms with Crippen LogP contribution in [0.3, 0.4) is 0 Å². The summed E-state index contributed by atoms with van der Waals surface area (Å²) in [6.07, 6.45) is -4.69. The second-order valence-corrected chi connectivity index (χ2v) is 8.78. The number of nitrogens with zero attached hydrogens (tertiary/aromatic N) is 5. The van der Waals surface area contributed by atoms with Gasteiger partial charge in [-0.2, -0.15) is 23.3 Å². The molecule has 0 radical (unpaired) electrons. The van der Waals surface area contributed by atoms with Crippen LogP contribution in [0.25, 0.3) is 38.9 Å². The van der Waals surface area contributed by atoms with Gasteiger partial charge in [0.1, 0.15) is 5.69 Å². The average Bonchev–Trinajstić information content (AvgIpc) is 3.60. The molecule has 0 aliphatic heterocycles. The first kappa shape index (κ1) is 23.6. The SMILES string of the molecule is C[C@H](N)C(=O)NCc1cccc(-n2nc(C(F)(F)F)cc2-c2nc(-c3cccc4ncsc34)no2)c1. The number of amides is 1. The summed E-state index contributed by atoms with van der Waals surface area (Å²) in [5, 5.41) is 10.4. The number of nitrogens with one attached hydrogen (secondary N) is 1. The van der Waals surface area contributed by atoms with Crippen molar-refractivity contribution in [3.63, 3.8) is 0 Å². The maximum absolute atomic E-state index is 13.6. The lowest BCUT2D eigenvalue weighted by Crippen LogP contribution is -2.37. The van der Waals surface area contributed by atoms with E-state index in [0.717, 1.165) is 21.0 Å². The van der Waals surface area contributed by atoms with Crippen molar-refractivity contribution in [3.8, 4) is 28.7 Å². The molecule has 1 atom stereocenters. The summed E-state index contributed by atoms with van der Waals surface area (Å²) in [4.78, 5) is 20.4. The Labute approximate surface area is 205 Å². The van der Waals surface area contributed by atoms with Gasteiger partial charge in [0.2, 0.25) is 11.7 Å². The van der Waals surface area contributed by atoms with E-state index in [1.54, 1.807) is 48.8 Å². The Morgan fingerprint density at radius 2 is 2.03 bits per heavy atom. The molecule has 0 saturated heterocycles. The standard InChI is InChI=1S/C23H18F3N7O2S/c1-12(27)21(34)28-10-13-4-2-5-14(8-13)33-17(9-18(31-33)23(24,25)26)22-30-20(32-35-22)15-6-3-7-16-19(15)36-11-29-16/h2-9,11-12H,10,27H2,1H3,(H,28,34)/t12-/m0/s1. The van der Waals surface area contributed by atoms with Crippen LogP contribution in [0.2, 0.25) is 0 Å². The average molecular weight is 514 g/mol. The van der Waals surface area contributed by atoms with Gasteiger partial charge in [0, 0.05) is 18.2 Å². The molecular weight excluding hydrogens is 495 g/mol. The maximum Gasteiger partial charge on any atom is 0.435 e. The maximum atomic E-state index is 13.6. The summed E-state index contributed by atoms with van der Waals surface area (Å²) in [6.45, 7) is 1.69. The third-order valence-electron chi connectivity index (χ3n) is 5.28. The first-order valence-electron chi connectivity index (χ1n) is 10.7. The van der Waals surface area contributed by atoms with E-state index in [0.29, 0.717) is 16.8 Å². The molecule has 0 saturated carbocycles. The van der Waals surface area contributed by atoms with Crippen molar-refractivity contribution in [2.24, 2.45) is 5.73 Å². The third-order valence-corrected chi connectivity index (χ3v) is 6.15. The van der Waals surface area contributed by atoms with Crippen molar-refractivity contribution in [2.45, 2.75) is 25.7 Å². The second kappa shape index (κ2) is 9.17. The number of hydrogen-bond acceptors (Lipinski definition) is 8. The van der Waals surface area contributed by atoms with Crippen LogP contribution in [0, 0.1) is 0 Å². The highest BCUT2D eigenvalue weighted by atomic mass is 32.1. The summed E-state index contributed by atoms with van der Waals surface area (Å²) in [5.74, 6) is -0.271. The predicted molar refractivity (Wildman–Crippen MR) is 126 cm³/mol. The van der Waals surface area contributed by atoms with Crippen molar-refractivity contribution in [1.29, 1.82) is 0 Å². The molecule has 0 aliphatic rings. The Morgan fingerprint density at radius 1 is 1.22 bits per heavy atom. The fourth-order valence-electron chi connectivity index (χ4n) is 3.52. The van der Waals surface area contributed by atoms with Crippen molar-refractivity contribution in [1.82, 2.24) is 30.2 Å². The number of benzene rings is 2. The van der Waals surface area contributed by atoms with Gasteiger partial charge in [0.15, 0.2) is 5.69 Å². The van der Waals surface area contributed by atoms with E-state index in [1.807, 2.05) is 6.07 Å². The predicted octanol–water partition coefficient (Wildman–Crippen LogP) is 4.18. The molecule has 2 aromatic carbocycles. The number of alkyl halides is 3. The van der Waals surface area contributed by atoms with E-state index in [9.17, 15) is 18.0 Å². The Hall–Kier alpha value is -4.10. The quantitative estimate of drug-likeness (QED) is 0.349. The fourth-order valence-corrected chi connectivity index (χ4v) is 4.32. The second-order valence-electron chi connectivity index (χ2n) is 7.93. The third kappa shape index (κ3) is 4.57. The number of nitrogens with two attached hydrogens (primary N) is 1. The molecule has 3 aromatic heterocycles. The van der Waals surface area contributed by atoms with E-state index < -0.39 is 17.9 Å².